The number of halogens is 3. The van der Waals surface area contributed by atoms with E-state index in [0.29, 0.717) is 25.1 Å². The minimum atomic E-state index is -1.01. The monoisotopic (exact) mass is 366 g/mol. The molecule has 3 heterocycles. The van der Waals surface area contributed by atoms with Crippen LogP contribution in [-0.2, 0) is 17.8 Å². The molecule has 1 amide bonds. The van der Waals surface area contributed by atoms with Gasteiger partial charge in [0.1, 0.15) is 29.7 Å². The molecule has 0 aliphatic carbocycles. The van der Waals surface area contributed by atoms with E-state index in [1.807, 2.05) is 0 Å². The Morgan fingerprint density at radius 3 is 2.73 bits per heavy atom. The summed E-state index contributed by atoms with van der Waals surface area (Å²) in [6, 6.07) is 2.42. The lowest BCUT2D eigenvalue weighted by atomic mass is 10.0. The van der Waals surface area contributed by atoms with Crippen LogP contribution in [0.4, 0.5) is 13.2 Å². The van der Waals surface area contributed by atoms with Gasteiger partial charge in [-0.2, -0.15) is 5.10 Å². The second-order valence-electron chi connectivity index (χ2n) is 6.71. The molecule has 0 spiro atoms. The first kappa shape index (κ1) is 16.9. The van der Waals surface area contributed by atoms with Crippen LogP contribution in [0.5, 0.6) is 0 Å². The summed E-state index contributed by atoms with van der Waals surface area (Å²) in [6.45, 7) is -0.0508. The van der Waals surface area contributed by atoms with E-state index in [0.717, 1.165) is 16.8 Å². The van der Waals surface area contributed by atoms with Crippen molar-refractivity contribution in [1.29, 1.82) is 0 Å². The first-order chi connectivity index (χ1) is 12.4. The van der Waals surface area contributed by atoms with Gasteiger partial charge in [-0.3, -0.25) is 9.36 Å². The molecule has 1 saturated heterocycles. The Bertz CT molecular complexity index is 917. The van der Waals surface area contributed by atoms with E-state index in [4.69, 9.17) is 0 Å². The summed E-state index contributed by atoms with van der Waals surface area (Å²) in [7, 11) is 0. The van der Waals surface area contributed by atoms with Crippen molar-refractivity contribution < 1.29 is 18.0 Å². The molecule has 6 nitrogen and oxygen atoms in total. The molecule has 1 aromatic carbocycles. The highest BCUT2D eigenvalue weighted by Gasteiger charge is 2.38. The van der Waals surface area contributed by atoms with Crippen LogP contribution in [-0.4, -0.2) is 44.4 Å². The van der Waals surface area contributed by atoms with Crippen LogP contribution in [0.25, 0.3) is 0 Å². The van der Waals surface area contributed by atoms with Crippen LogP contribution in [0.3, 0.4) is 0 Å². The van der Waals surface area contributed by atoms with Crippen LogP contribution in [0.15, 0.2) is 23.0 Å². The molecule has 9 heteroatoms. The van der Waals surface area contributed by atoms with E-state index in [2.05, 4.69) is 5.10 Å². The molecule has 4 rings (SSSR count). The Labute approximate surface area is 146 Å². The number of alkyl halides is 1. The van der Waals surface area contributed by atoms with E-state index in [-0.39, 0.29) is 31.1 Å². The Kier molecular flexibility index (Phi) is 4.08. The fraction of sp³-hybridized carbons (Fsp3) is 0.471. The van der Waals surface area contributed by atoms with E-state index in [9.17, 15) is 22.8 Å². The van der Waals surface area contributed by atoms with Gasteiger partial charge in [0, 0.05) is 18.1 Å². The van der Waals surface area contributed by atoms with Gasteiger partial charge in [-0.05, 0) is 18.9 Å². The van der Waals surface area contributed by atoms with E-state index >= 15 is 0 Å². The van der Waals surface area contributed by atoms with E-state index in [1.54, 1.807) is 0 Å². The van der Waals surface area contributed by atoms with Crippen molar-refractivity contribution in [2.24, 2.45) is 0 Å². The number of benzene rings is 1. The lowest BCUT2D eigenvalue weighted by Gasteiger charge is -2.37. The molecule has 1 atom stereocenters. The number of hydrogen-bond donors (Lipinski definition) is 0. The molecular formula is C17H17F3N4O2. The maximum absolute atomic E-state index is 13.9. The molecule has 0 bridgehead atoms. The minimum absolute atomic E-state index is 0.0499. The van der Waals surface area contributed by atoms with Crippen LogP contribution in [0, 0.1) is 11.6 Å². The zero-order valence-corrected chi connectivity index (χ0v) is 13.9. The average molecular weight is 366 g/mol. The number of amides is 1. The maximum atomic E-state index is 13.9. The number of aryl methyl sites for hydroxylation is 1. The van der Waals surface area contributed by atoms with Crippen molar-refractivity contribution in [2.45, 2.75) is 38.0 Å². The van der Waals surface area contributed by atoms with Gasteiger partial charge in [0.25, 0.3) is 0 Å². The van der Waals surface area contributed by atoms with Crippen LogP contribution < -0.4 is 5.69 Å². The summed E-state index contributed by atoms with van der Waals surface area (Å²) < 4.78 is 42.4. The van der Waals surface area contributed by atoms with Crippen LogP contribution in [0.1, 0.15) is 30.3 Å². The predicted octanol–water partition coefficient (Wildman–Crippen LogP) is 1.43. The quantitative estimate of drug-likeness (QED) is 0.826. The van der Waals surface area contributed by atoms with Gasteiger partial charge in [-0.25, -0.2) is 22.6 Å². The summed E-state index contributed by atoms with van der Waals surface area (Å²) in [5, 5.41) is 4.22. The number of carbonyl (C=O) groups excluding carboxylic acids is 1. The summed E-state index contributed by atoms with van der Waals surface area (Å²) >= 11 is 0. The molecular weight excluding hydrogens is 349 g/mol. The lowest BCUT2D eigenvalue weighted by molar-refractivity contribution is -0.142. The van der Waals surface area contributed by atoms with E-state index in [1.165, 1.54) is 15.5 Å². The number of fused-ring (bicyclic) bond motifs is 1. The SMILES string of the molecule is O=C([C@@H]1CCCc2nn(Cc3ccc(F)cc3F)c(=O)n21)N1CC(F)C1. The number of aromatic nitrogens is 3. The highest BCUT2D eigenvalue weighted by Crippen LogP contribution is 2.26. The molecule has 0 radical (unpaired) electrons. The number of nitrogens with zero attached hydrogens (tertiary/aromatic N) is 4. The molecule has 0 unspecified atom stereocenters. The highest BCUT2D eigenvalue weighted by atomic mass is 19.1. The Hall–Kier alpha value is -2.58. The molecule has 2 aliphatic heterocycles. The smallest absolute Gasteiger partial charge is 0.335 e. The Morgan fingerprint density at radius 1 is 1.27 bits per heavy atom. The zero-order valence-electron chi connectivity index (χ0n) is 13.9. The average Bonchev–Trinajstić information content (AvgIpc) is 2.90. The summed E-state index contributed by atoms with van der Waals surface area (Å²) in [4.78, 5) is 26.7. The van der Waals surface area contributed by atoms with Gasteiger partial charge in [-0.15, -0.1) is 0 Å². The molecule has 138 valence electrons. The number of hydrogen-bond acceptors (Lipinski definition) is 3. The standard InChI is InChI=1S/C17H17F3N4O2/c18-11-5-4-10(13(20)6-11)7-23-17(26)24-14(2-1-3-15(24)21-23)16(25)22-8-12(19)9-22/h4-6,12,14H,1-3,7-9H2/t14-/m0/s1. The van der Waals surface area contributed by atoms with E-state index < -0.39 is 29.5 Å². The molecule has 1 aromatic heterocycles. The fourth-order valence-electron chi connectivity index (χ4n) is 3.49. The first-order valence-corrected chi connectivity index (χ1v) is 8.49. The summed E-state index contributed by atoms with van der Waals surface area (Å²) in [6.07, 6.45) is 0.687. The Balaban J connectivity index is 1.64. The normalized spacial score (nSPS) is 20.0. The number of rotatable bonds is 3. The van der Waals surface area contributed by atoms with Crippen molar-refractivity contribution in [2.75, 3.05) is 13.1 Å². The van der Waals surface area contributed by atoms with Crippen molar-refractivity contribution in [3.8, 4) is 0 Å². The van der Waals surface area contributed by atoms with Gasteiger partial charge in [0.05, 0.1) is 19.6 Å². The van der Waals surface area contributed by atoms with Crippen molar-refractivity contribution in [1.82, 2.24) is 19.2 Å². The van der Waals surface area contributed by atoms with Crippen molar-refractivity contribution in [3.05, 3.63) is 51.7 Å². The molecule has 2 aromatic rings. The second kappa shape index (κ2) is 6.30. The minimum Gasteiger partial charge on any atom is -0.335 e. The molecule has 1 fully saturated rings. The van der Waals surface area contributed by atoms with Gasteiger partial charge in [0.15, 0.2) is 0 Å². The number of likely N-dealkylation sites (tertiary alicyclic amines) is 1. The third-order valence-electron chi connectivity index (χ3n) is 4.90. The first-order valence-electron chi connectivity index (χ1n) is 8.49. The molecule has 26 heavy (non-hydrogen) atoms. The predicted molar refractivity (Wildman–Crippen MR) is 85.4 cm³/mol. The van der Waals surface area contributed by atoms with Gasteiger partial charge in [0.2, 0.25) is 5.91 Å². The van der Waals surface area contributed by atoms with Crippen molar-refractivity contribution in [3.63, 3.8) is 0 Å². The molecule has 0 saturated carbocycles. The molecule has 0 N–H and O–H groups in total. The maximum Gasteiger partial charge on any atom is 0.346 e. The highest BCUT2D eigenvalue weighted by molar-refractivity contribution is 5.81. The fourth-order valence-corrected chi connectivity index (χ4v) is 3.49. The molecule has 2 aliphatic rings. The number of carbonyl (C=O) groups is 1. The largest absolute Gasteiger partial charge is 0.346 e. The van der Waals surface area contributed by atoms with Gasteiger partial charge in [-0.1, -0.05) is 6.07 Å². The van der Waals surface area contributed by atoms with Gasteiger partial charge >= 0.3 is 5.69 Å². The summed E-state index contributed by atoms with van der Waals surface area (Å²) in [5.41, 5.74) is -0.381. The van der Waals surface area contributed by atoms with Gasteiger partial charge < -0.3 is 4.90 Å². The topological polar surface area (TPSA) is 60.1 Å². The lowest BCUT2D eigenvalue weighted by Crippen LogP contribution is -2.54. The van der Waals surface area contributed by atoms with Crippen molar-refractivity contribution >= 4 is 5.91 Å². The Morgan fingerprint density at radius 2 is 2.04 bits per heavy atom. The second-order valence-corrected chi connectivity index (χ2v) is 6.71. The summed E-state index contributed by atoms with van der Waals surface area (Å²) in [5.74, 6) is -1.28. The zero-order chi connectivity index (χ0) is 18.4. The van der Waals surface area contributed by atoms with Crippen LogP contribution >= 0.6 is 0 Å². The third kappa shape index (κ3) is 2.81. The van der Waals surface area contributed by atoms with Crippen LogP contribution in [0.2, 0.25) is 0 Å². The third-order valence-corrected chi connectivity index (χ3v) is 4.90.